The van der Waals surface area contributed by atoms with Crippen LogP contribution >= 0.6 is 0 Å². The molecule has 10 nitrogen and oxygen atoms in total. The van der Waals surface area contributed by atoms with E-state index in [-0.39, 0.29) is 49.3 Å². The molecular formula is C48H44CaN2O8. The Morgan fingerprint density at radius 2 is 0.932 bits per heavy atom. The van der Waals surface area contributed by atoms with Gasteiger partial charge in [-0.2, -0.15) is 0 Å². The number of aryl methyl sites for hydroxylation is 2. The van der Waals surface area contributed by atoms with Gasteiger partial charge in [-0.25, -0.2) is 0 Å². The molecule has 0 aliphatic carbocycles. The molecule has 0 spiro atoms. The van der Waals surface area contributed by atoms with Crippen molar-refractivity contribution < 1.29 is 38.9 Å². The van der Waals surface area contributed by atoms with Crippen molar-refractivity contribution in [1.82, 2.24) is 9.13 Å². The number of ether oxygens (including phenoxy) is 2. The van der Waals surface area contributed by atoms with E-state index in [9.17, 15) is 29.4 Å². The van der Waals surface area contributed by atoms with Crippen LogP contribution in [0, 0.1) is 13.8 Å². The van der Waals surface area contributed by atoms with Crippen molar-refractivity contribution in [2.24, 2.45) is 0 Å². The van der Waals surface area contributed by atoms with Crippen LogP contribution < -0.4 is 19.7 Å². The molecule has 0 radical (unpaired) electrons. The van der Waals surface area contributed by atoms with Crippen molar-refractivity contribution in [3.8, 4) is 11.5 Å². The van der Waals surface area contributed by atoms with Crippen LogP contribution in [-0.4, -0.2) is 82.6 Å². The minimum absolute atomic E-state index is 0. The third kappa shape index (κ3) is 13.6. The molecule has 11 heteroatoms. The van der Waals surface area contributed by atoms with Crippen LogP contribution in [0.5, 0.6) is 11.5 Å². The van der Waals surface area contributed by atoms with Gasteiger partial charge < -0.3 is 38.4 Å². The van der Waals surface area contributed by atoms with Gasteiger partial charge in [0.25, 0.3) is 0 Å². The normalized spacial score (nSPS) is 11.9. The van der Waals surface area contributed by atoms with Gasteiger partial charge >= 0.3 is 37.7 Å². The number of carboxylic acid groups (broad SMARTS) is 2. The monoisotopic (exact) mass is 816 g/mol. The molecule has 2 heterocycles. The Kier molecular flexibility index (Phi) is 17.3. The Bertz CT molecular complexity index is 2240. The number of carbonyl (C=O) groups is 4. The van der Waals surface area contributed by atoms with E-state index in [0.29, 0.717) is 47.1 Å². The number of benzene rings is 4. The number of carbonyl (C=O) groups excluding carboxylic acids is 4. The van der Waals surface area contributed by atoms with Crippen LogP contribution in [0.4, 0.5) is 0 Å². The van der Waals surface area contributed by atoms with Crippen LogP contribution in [0.15, 0.2) is 146 Å². The Morgan fingerprint density at radius 1 is 0.559 bits per heavy atom. The van der Waals surface area contributed by atoms with Gasteiger partial charge in [-0.3, -0.25) is 9.59 Å². The van der Waals surface area contributed by atoms with Crippen molar-refractivity contribution in [3.63, 3.8) is 0 Å². The summed E-state index contributed by atoms with van der Waals surface area (Å²) in [6.45, 7) is 7.88. The van der Waals surface area contributed by atoms with Gasteiger partial charge in [-0.05, 0) is 87.4 Å². The third-order valence-electron chi connectivity index (χ3n) is 8.98. The van der Waals surface area contributed by atoms with Gasteiger partial charge in [-0.1, -0.05) is 108 Å². The van der Waals surface area contributed by atoms with E-state index in [1.54, 1.807) is 36.4 Å². The summed E-state index contributed by atoms with van der Waals surface area (Å²) in [5.74, 6) is -1.64. The molecule has 0 unspecified atom stereocenters. The minimum atomic E-state index is -1.26. The van der Waals surface area contributed by atoms with Gasteiger partial charge in [0.05, 0.1) is 23.3 Å². The van der Waals surface area contributed by atoms with Crippen molar-refractivity contribution in [1.29, 1.82) is 0 Å². The first kappa shape index (κ1) is 45.8. The summed E-state index contributed by atoms with van der Waals surface area (Å²) in [5, 5.41) is 21.6. The molecule has 0 aliphatic heterocycles. The predicted octanol–water partition coefficient (Wildman–Crippen LogP) is 6.14. The number of hydrogen-bond donors (Lipinski definition) is 0. The van der Waals surface area contributed by atoms with Crippen LogP contribution in [0.25, 0.3) is 12.2 Å². The zero-order chi connectivity index (χ0) is 41.6. The smallest absolute Gasteiger partial charge is 0.546 e. The summed E-state index contributed by atoms with van der Waals surface area (Å²) in [4.78, 5) is 47.2. The van der Waals surface area contributed by atoms with Crippen molar-refractivity contribution in [3.05, 3.63) is 191 Å². The van der Waals surface area contributed by atoms with E-state index in [1.165, 1.54) is 13.8 Å². The fourth-order valence-corrected chi connectivity index (χ4v) is 5.76. The maximum Gasteiger partial charge on any atom is 2.00 e. The zero-order valence-electron chi connectivity index (χ0n) is 33.4. The van der Waals surface area contributed by atoms with Gasteiger partial charge in [0.1, 0.15) is 23.7 Å². The summed E-state index contributed by atoms with van der Waals surface area (Å²) >= 11 is 0. The minimum Gasteiger partial charge on any atom is -0.546 e. The molecule has 2 aromatic heterocycles. The van der Waals surface area contributed by atoms with Gasteiger partial charge in [0.15, 0.2) is 0 Å². The first-order chi connectivity index (χ1) is 27.9. The maximum absolute atomic E-state index is 12.8. The Labute approximate surface area is 374 Å². The fraction of sp³-hybridized carbons (Fsp3) is 0.167. The fourth-order valence-electron chi connectivity index (χ4n) is 5.76. The quantitative estimate of drug-likeness (QED) is 0.0839. The van der Waals surface area contributed by atoms with Gasteiger partial charge in [0, 0.05) is 36.6 Å². The zero-order valence-corrected chi connectivity index (χ0v) is 35.7. The van der Waals surface area contributed by atoms with E-state index in [4.69, 9.17) is 9.47 Å². The largest absolute Gasteiger partial charge is 2.00 e. The molecule has 296 valence electrons. The van der Waals surface area contributed by atoms with E-state index in [1.807, 2.05) is 145 Å². The van der Waals surface area contributed by atoms with Crippen molar-refractivity contribution in [2.45, 2.75) is 53.0 Å². The number of aliphatic carboxylic acids is 2. The van der Waals surface area contributed by atoms with E-state index >= 15 is 0 Å². The second-order valence-electron chi connectivity index (χ2n) is 13.6. The molecular weight excluding hydrogens is 773 g/mol. The molecule has 0 amide bonds. The van der Waals surface area contributed by atoms with Crippen LogP contribution in [0.1, 0.15) is 68.2 Å². The summed E-state index contributed by atoms with van der Waals surface area (Å²) < 4.78 is 14.4. The average Bonchev–Trinajstić information content (AvgIpc) is 3.88. The van der Waals surface area contributed by atoms with Crippen LogP contribution in [0.3, 0.4) is 0 Å². The van der Waals surface area contributed by atoms with Crippen LogP contribution in [0.2, 0.25) is 0 Å². The molecule has 59 heavy (non-hydrogen) atoms. The molecule has 0 aliphatic rings. The molecule has 6 rings (SSSR count). The Morgan fingerprint density at radius 3 is 1.29 bits per heavy atom. The van der Waals surface area contributed by atoms with Crippen molar-refractivity contribution >= 4 is 73.4 Å². The number of aromatic nitrogens is 2. The number of nitrogens with zero attached hydrogens (tertiary/aromatic N) is 2. The van der Waals surface area contributed by atoms with Gasteiger partial charge in [-0.15, -0.1) is 0 Å². The molecule has 6 aromatic rings. The molecule has 4 aromatic carbocycles. The number of carboxylic acids is 2. The first-order valence-corrected chi connectivity index (χ1v) is 18.7. The van der Waals surface area contributed by atoms with E-state index in [2.05, 4.69) is 0 Å². The average molecular weight is 817 g/mol. The second kappa shape index (κ2) is 22.3. The van der Waals surface area contributed by atoms with Crippen LogP contribution in [-0.2, 0) is 22.7 Å². The Balaban J connectivity index is 0.000000256. The summed E-state index contributed by atoms with van der Waals surface area (Å²) in [6.07, 6.45) is 9.36. The number of ketones is 2. The summed E-state index contributed by atoms with van der Waals surface area (Å²) in [6, 6.07) is 36.6. The Hall–Kier alpha value is -5.94. The number of allylic oxidation sites excluding steroid dienone is 2. The maximum atomic E-state index is 12.8. The van der Waals surface area contributed by atoms with Gasteiger partial charge in [0.2, 0.25) is 11.6 Å². The topological polar surface area (TPSA) is 143 Å². The molecule has 2 atom stereocenters. The molecule has 0 saturated heterocycles. The second-order valence-corrected chi connectivity index (χ2v) is 13.6. The molecule has 0 saturated carbocycles. The summed E-state index contributed by atoms with van der Waals surface area (Å²) in [5.41, 5.74) is 6.52. The SMILES string of the molecule is Cc1ccc(C(=O)c2cccn2C/C=C/c2cccc(O[C@@H](C)C(=O)[O-])c2)cc1.Cc1ccc(C(=O)c2cccn2C/C=C/c2cccc(O[C@@H](C)C(=O)[O-])c2)cc1.[Ca+2]. The van der Waals surface area contributed by atoms with Crippen molar-refractivity contribution in [2.75, 3.05) is 0 Å². The van der Waals surface area contributed by atoms with E-state index in [0.717, 1.165) is 22.3 Å². The third-order valence-corrected chi connectivity index (χ3v) is 8.98. The number of hydrogen-bond acceptors (Lipinski definition) is 8. The molecule has 0 N–H and O–H groups in total. The predicted molar refractivity (Wildman–Crippen MR) is 225 cm³/mol. The summed E-state index contributed by atoms with van der Waals surface area (Å²) in [7, 11) is 0. The first-order valence-electron chi connectivity index (χ1n) is 18.7. The van der Waals surface area contributed by atoms with E-state index < -0.39 is 24.1 Å². The molecule has 0 bridgehead atoms. The standard InChI is InChI=1S/2C24H23NO4.Ca/c2*1-17-10-12-20(13-11-17)23(26)22-9-5-15-25(22)14-4-7-19-6-3-8-21(16-19)29-18(2)24(27)28;/h2*3-13,15-16,18H,14H2,1-2H3,(H,27,28);/q;;+2/p-2/b2*7-4+;/t2*18-;/m00./s1. The number of rotatable bonds is 16. The molecule has 0 fully saturated rings.